The van der Waals surface area contributed by atoms with E-state index < -0.39 is 0 Å². The van der Waals surface area contributed by atoms with Crippen molar-refractivity contribution >= 4 is 18.3 Å². The van der Waals surface area contributed by atoms with Crippen molar-refractivity contribution in [2.45, 2.75) is 38.1 Å². The zero-order chi connectivity index (χ0) is 12.1. The topological polar surface area (TPSA) is 96.7 Å². The summed E-state index contributed by atoms with van der Waals surface area (Å²) in [5.74, 6) is 0.222. The van der Waals surface area contributed by atoms with Crippen LogP contribution in [0.4, 0.5) is 0 Å². The summed E-state index contributed by atoms with van der Waals surface area (Å²) in [6, 6.07) is 0.190. The molecular formula is C11H20ClN5O. The molecule has 0 radical (unpaired) electrons. The molecule has 102 valence electrons. The molecule has 1 aliphatic carbocycles. The molecule has 0 unspecified atom stereocenters. The Labute approximate surface area is 112 Å². The summed E-state index contributed by atoms with van der Waals surface area (Å²) < 4.78 is 0. The van der Waals surface area contributed by atoms with Crippen LogP contribution in [-0.2, 0) is 11.2 Å². The fourth-order valence-electron chi connectivity index (χ4n) is 2.27. The van der Waals surface area contributed by atoms with Gasteiger partial charge in [0, 0.05) is 24.9 Å². The van der Waals surface area contributed by atoms with Gasteiger partial charge in [-0.1, -0.05) is 6.42 Å². The average molecular weight is 274 g/mol. The molecule has 4 N–H and O–H groups in total. The third-order valence-corrected chi connectivity index (χ3v) is 3.23. The van der Waals surface area contributed by atoms with Crippen molar-refractivity contribution in [3.8, 4) is 0 Å². The van der Waals surface area contributed by atoms with Crippen molar-refractivity contribution in [2.24, 2.45) is 11.7 Å². The van der Waals surface area contributed by atoms with E-state index in [4.69, 9.17) is 5.73 Å². The van der Waals surface area contributed by atoms with Crippen LogP contribution < -0.4 is 11.1 Å². The van der Waals surface area contributed by atoms with E-state index in [1.807, 2.05) is 0 Å². The van der Waals surface area contributed by atoms with Crippen LogP contribution in [0.2, 0.25) is 0 Å². The van der Waals surface area contributed by atoms with E-state index in [0.717, 1.165) is 31.4 Å². The molecule has 1 aromatic heterocycles. The van der Waals surface area contributed by atoms with Gasteiger partial charge < -0.3 is 11.1 Å². The Bertz CT molecular complexity index is 356. The Hall–Kier alpha value is -1.14. The number of nitrogens with one attached hydrogen (secondary N) is 2. The first kappa shape index (κ1) is 14.9. The van der Waals surface area contributed by atoms with Gasteiger partial charge in [0.15, 0.2) is 0 Å². The molecule has 1 aliphatic rings. The summed E-state index contributed by atoms with van der Waals surface area (Å²) in [4.78, 5) is 11.9. The van der Waals surface area contributed by atoms with Crippen molar-refractivity contribution < 1.29 is 4.79 Å². The number of carbonyl (C=O) groups excluding carboxylic acids is 1. The minimum absolute atomic E-state index is 0. The second-order valence-corrected chi connectivity index (χ2v) is 4.63. The Morgan fingerprint density at radius 3 is 3.06 bits per heavy atom. The molecule has 0 aliphatic heterocycles. The van der Waals surface area contributed by atoms with Gasteiger partial charge in [-0.25, -0.2) is 0 Å². The maximum Gasteiger partial charge on any atom is 0.223 e. The molecule has 1 amide bonds. The lowest BCUT2D eigenvalue weighted by Crippen LogP contribution is -2.38. The molecule has 1 saturated carbocycles. The summed E-state index contributed by atoms with van der Waals surface area (Å²) in [5, 5.41) is 13.1. The first-order valence-electron chi connectivity index (χ1n) is 6.13. The fraction of sp³-hybridized carbons (Fsp3) is 0.727. The minimum Gasteiger partial charge on any atom is -0.355 e. The predicted molar refractivity (Wildman–Crippen MR) is 70.3 cm³/mol. The third kappa shape index (κ3) is 4.27. The van der Waals surface area contributed by atoms with Crippen molar-refractivity contribution in [3.05, 3.63) is 11.9 Å². The number of aromatic amines is 1. The Morgan fingerprint density at radius 1 is 1.56 bits per heavy atom. The molecule has 18 heavy (non-hydrogen) atoms. The number of rotatable bonds is 4. The van der Waals surface area contributed by atoms with Crippen LogP contribution in [0.5, 0.6) is 0 Å². The normalized spacial score (nSPS) is 23.2. The fourth-order valence-corrected chi connectivity index (χ4v) is 2.27. The van der Waals surface area contributed by atoms with E-state index >= 15 is 0 Å². The highest BCUT2D eigenvalue weighted by Crippen LogP contribution is 2.22. The zero-order valence-corrected chi connectivity index (χ0v) is 11.1. The summed E-state index contributed by atoms with van der Waals surface area (Å²) in [7, 11) is 0. The number of nitrogens with two attached hydrogens (primary N) is 1. The number of amides is 1. The number of H-pyrrole nitrogens is 1. The highest BCUT2D eigenvalue weighted by atomic mass is 35.5. The lowest BCUT2D eigenvalue weighted by Gasteiger charge is -2.25. The van der Waals surface area contributed by atoms with Crippen molar-refractivity contribution in [3.63, 3.8) is 0 Å². The number of carbonyl (C=O) groups is 1. The van der Waals surface area contributed by atoms with E-state index in [2.05, 4.69) is 20.7 Å². The van der Waals surface area contributed by atoms with E-state index in [0.29, 0.717) is 13.0 Å². The van der Waals surface area contributed by atoms with Crippen LogP contribution in [0.3, 0.4) is 0 Å². The number of hydrogen-bond acceptors (Lipinski definition) is 4. The SMILES string of the molecule is Cl.N[C@H]1CCC[C@@H](C(=O)NCCc2cn[nH]n2)C1. The highest BCUT2D eigenvalue weighted by Gasteiger charge is 2.24. The molecule has 0 spiro atoms. The van der Waals surface area contributed by atoms with Gasteiger partial charge in [0.05, 0.1) is 11.9 Å². The van der Waals surface area contributed by atoms with Gasteiger partial charge in [-0.05, 0) is 19.3 Å². The third-order valence-electron chi connectivity index (χ3n) is 3.23. The summed E-state index contributed by atoms with van der Waals surface area (Å²) in [6.07, 6.45) is 6.26. The van der Waals surface area contributed by atoms with Crippen LogP contribution in [0.15, 0.2) is 6.20 Å². The van der Waals surface area contributed by atoms with E-state index in [1.165, 1.54) is 0 Å². The van der Waals surface area contributed by atoms with Crippen LogP contribution in [0.25, 0.3) is 0 Å². The second kappa shape index (κ2) is 7.33. The summed E-state index contributed by atoms with van der Waals surface area (Å²) in [5.41, 5.74) is 6.73. The molecule has 0 saturated heterocycles. The molecule has 2 atom stereocenters. The van der Waals surface area contributed by atoms with E-state index in [9.17, 15) is 4.79 Å². The zero-order valence-electron chi connectivity index (χ0n) is 10.3. The summed E-state index contributed by atoms with van der Waals surface area (Å²) >= 11 is 0. The Balaban J connectivity index is 0.00000162. The molecule has 7 heteroatoms. The van der Waals surface area contributed by atoms with Gasteiger partial charge in [-0.2, -0.15) is 15.4 Å². The smallest absolute Gasteiger partial charge is 0.223 e. The lowest BCUT2D eigenvalue weighted by molar-refractivity contribution is -0.126. The second-order valence-electron chi connectivity index (χ2n) is 4.63. The first-order chi connectivity index (χ1) is 8.25. The Kier molecular flexibility index (Phi) is 6.07. The van der Waals surface area contributed by atoms with Crippen molar-refractivity contribution in [1.29, 1.82) is 0 Å². The van der Waals surface area contributed by atoms with Crippen molar-refractivity contribution in [1.82, 2.24) is 20.7 Å². The van der Waals surface area contributed by atoms with Gasteiger partial charge in [0.25, 0.3) is 0 Å². The van der Waals surface area contributed by atoms with Crippen molar-refractivity contribution in [2.75, 3.05) is 6.54 Å². The maximum atomic E-state index is 11.9. The van der Waals surface area contributed by atoms with Crippen LogP contribution in [0, 0.1) is 5.92 Å². The van der Waals surface area contributed by atoms with Gasteiger partial charge in [0.1, 0.15) is 0 Å². The number of nitrogens with zero attached hydrogens (tertiary/aromatic N) is 2. The molecule has 6 nitrogen and oxygen atoms in total. The average Bonchev–Trinajstić information content (AvgIpc) is 2.82. The Morgan fingerprint density at radius 2 is 2.39 bits per heavy atom. The number of hydrogen-bond donors (Lipinski definition) is 3. The van der Waals surface area contributed by atoms with E-state index in [1.54, 1.807) is 6.20 Å². The van der Waals surface area contributed by atoms with Crippen LogP contribution >= 0.6 is 12.4 Å². The first-order valence-corrected chi connectivity index (χ1v) is 6.13. The maximum absolute atomic E-state index is 11.9. The lowest BCUT2D eigenvalue weighted by atomic mass is 9.85. The molecule has 0 bridgehead atoms. The largest absolute Gasteiger partial charge is 0.355 e. The van der Waals surface area contributed by atoms with Crippen LogP contribution in [-0.4, -0.2) is 33.9 Å². The predicted octanol–water partition coefficient (Wildman–Crippen LogP) is 0.403. The van der Waals surface area contributed by atoms with Gasteiger partial charge >= 0.3 is 0 Å². The molecule has 1 heterocycles. The molecule has 1 aromatic rings. The minimum atomic E-state index is 0. The molecule has 2 rings (SSSR count). The highest BCUT2D eigenvalue weighted by molar-refractivity contribution is 5.85. The number of halogens is 1. The van der Waals surface area contributed by atoms with Gasteiger partial charge in [-0.15, -0.1) is 12.4 Å². The molecular weight excluding hydrogens is 254 g/mol. The standard InChI is InChI=1S/C11H19N5O.ClH/c12-9-3-1-2-8(6-9)11(17)13-5-4-10-7-14-16-15-10;/h7-9H,1-6,12H2,(H,13,17)(H,14,15,16);1H/t8-,9+;/m1./s1. The quantitative estimate of drug-likeness (QED) is 0.740. The molecule has 0 aromatic carbocycles. The number of aromatic nitrogens is 3. The monoisotopic (exact) mass is 273 g/mol. The van der Waals surface area contributed by atoms with Gasteiger partial charge in [-0.3, -0.25) is 4.79 Å². The van der Waals surface area contributed by atoms with Crippen LogP contribution in [0.1, 0.15) is 31.4 Å². The summed E-state index contributed by atoms with van der Waals surface area (Å²) in [6.45, 7) is 0.608. The molecule has 1 fully saturated rings. The van der Waals surface area contributed by atoms with E-state index in [-0.39, 0.29) is 30.3 Å². The van der Waals surface area contributed by atoms with Gasteiger partial charge in [0.2, 0.25) is 5.91 Å².